The van der Waals surface area contributed by atoms with Crippen LogP contribution in [0.4, 0.5) is 0 Å². The Labute approximate surface area is 134 Å². The average molecular weight is 300 g/mol. The molecule has 0 amide bonds. The van der Waals surface area contributed by atoms with Gasteiger partial charge in [0.1, 0.15) is 0 Å². The molecule has 3 aromatic rings. The Balaban J connectivity index is 1.78. The number of allylic oxidation sites excluding steroid dienone is 2. The third-order valence-electron chi connectivity index (χ3n) is 4.88. The quantitative estimate of drug-likeness (QED) is 0.493. The van der Waals surface area contributed by atoms with Gasteiger partial charge in [0, 0.05) is 21.6 Å². The van der Waals surface area contributed by atoms with Crippen molar-refractivity contribution < 1.29 is 0 Å². The molecule has 1 aromatic heterocycles. The van der Waals surface area contributed by atoms with E-state index in [0.717, 1.165) is 0 Å². The molecule has 2 bridgehead atoms. The normalized spacial score (nSPS) is 21.3. The van der Waals surface area contributed by atoms with Gasteiger partial charge in [-0.25, -0.2) is 0 Å². The van der Waals surface area contributed by atoms with Gasteiger partial charge in [0.15, 0.2) is 0 Å². The highest BCUT2D eigenvalue weighted by atomic mass is 32.1. The predicted molar refractivity (Wildman–Crippen MR) is 94.4 cm³/mol. The van der Waals surface area contributed by atoms with E-state index in [9.17, 15) is 0 Å². The predicted octanol–water partition coefficient (Wildman–Crippen LogP) is 6.22. The summed E-state index contributed by atoms with van der Waals surface area (Å²) in [5, 5.41) is 0. The van der Waals surface area contributed by atoms with Gasteiger partial charge in [-0.1, -0.05) is 72.8 Å². The molecule has 2 unspecified atom stereocenters. The maximum atomic E-state index is 2.42. The molecule has 2 atom stereocenters. The van der Waals surface area contributed by atoms with Crippen LogP contribution in [0.15, 0.2) is 72.8 Å². The molecule has 2 aliphatic carbocycles. The molecule has 2 aromatic carbocycles. The molecule has 22 heavy (non-hydrogen) atoms. The second-order valence-corrected chi connectivity index (χ2v) is 7.17. The van der Waals surface area contributed by atoms with Crippen molar-refractivity contribution in [3.63, 3.8) is 0 Å². The molecule has 0 N–H and O–H groups in total. The molecule has 0 aliphatic heterocycles. The Hall–Kier alpha value is -2.12. The van der Waals surface area contributed by atoms with Crippen molar-refractivity contribution in [2.75, 3.05) is 0 Å². The molecule has 1 heteroatoms. The third kappa shape index (κ3) is 1.69. The van der Waals surface area contributed by atoms with E-state index in [-0.39, 0.29) is 0 Å². The standard InChI is InChI=1S/C21H16S/c1-3-7-14(8-4-1)20-18-16-11-12-17(13-16)19(18)21(22-20)15-9-5-2-6-10-15/h1-12,16-17H,13H2. The fourth-order valence-electron chi connectivity index (χ4n) is 3.93. The van der Waals surface area contributed by atoms with Crippen molar-refractivity contribution in [3.8, 4) is 20.9 Å². The van der Waals surface area contributed by atoms with Gasteiger partial charge in [0.25, 0.3) is 0 Å². The van der Waals surface area contributed by atoms with Crippen LogP contribution in [0, 0.1) is 0 Å². The molecule has 0 nitrogen and oxygen atoms in total. The van der Waals surface area contributed by atoms with Crippen molar-refractivity contribution in [2.45, 2.75) is 18.3 Å². The van der Waals surface area contributed by atoms with Crippen LogP contribution in [0.2, 0.25) is 0 Å². The summed E-state index contributed by atoms with van der Waals surface area (Å²) in [4.78, 5) is 2.96. The Morgan fingerprint density at radius 3 is 1.55 bits per heavy atom. The van der Waals surface area contributed by atoms with Crippen molar-refractivity contribution in [1.82, 2.24) is 0 Å². The SMILES string of the molecule is C1=CC2CC1c1c(-c3ccccc3)sc(-c3ccccc3)c12. The Morgan fingerprint density at radius 2 is 1.09 bits per heavy atom. The second kappa shape index (κ2) is 4.69. The Morgan fingerprint density at radius 1 is 0.636 bits per heavy atom. The van der Waals surface area contributed by atoms with Gasteiger partial charge in [0.2, 0.25) is 0 Å². The lowest BCUT2D eigenvalue weighted by Gasteiger charge is -2.09. The lowest BCUT2D eigenvalue weighted by molar-refractivity contribution is 0.805. The van der Waals surface area contributed by atoms with E-state index in [1.54, 1.807) is 11.1 Å². The molecule has 0 radical (unpaired) electrons. The summed E-state index contributed by atoms with van der Waals surface area (Å²) in [5.41, 5.74) is 5.93. The topological polar surface area (TPSA) is 0 Å². The number of thiophene rings is 1. The third-order valence-corrected chi connectivity index (χ3v) is 6.20. The first-order chi connectivity index (χ1) is 10.9. The van der Waals surface area contributed by atoms with Gasteiger partial charge in [-0.3, -0.25) is 0 Å². The zero-order valence-corrected chi connectivity index (χ0v) is 13.0. The number of benzene rings is 2. The van der Waals surface area contributed by atoms with Crippen molar-refractivity contribution >= 4 is 11.3 Å². The highest BCUT2D eigenvalue weighted by molar-refractivity contribution is 7.19. The fraction of sp³-hybridized carbons (Fsp3) is 0.143. The first-order valence-corrected chi connectivity index (χ1v) is 8.69. The van der Waals surface area contributed by atoms with Gasteiger partial charge < -0.3 is 0 Å². The number of fused-ring (bicyclic) bond motifs is 5. The fourth-order valence-corrected chi connectivity index (χ4v) is 5.38. The largest absolute Gasteiger partial charge is 0.135 e. The average Bonchev–Trinajstić information content (AvgIpc) is 3.29. The molecule has 5 rings (SSSR count). The molecular weight excluding hydrogens is 284 g/mol. The van der Waals surface area contributed by atoms with Crippen LogP contribution in [0.5, 0.6) is 0 Å². The number of hydrogen-bond donors (Lipinski definition) is 0. The van der Waals surface area contributed by atoms with Crippen LogP contribution in [-0.4, -0.2) is 0 Å². The summed E-state index contributed by atoms with van der Waals surface area (Å²) < 4.78 is 0. The summed E-state index contributed by atoms with van der Waals surface area (Å²) in [7, 11) is 0. The number of rotatable bonds is 2. The zero-order valence-electron chi connectivity index (χ0n) is 12.2. The first kappa shape index (κ1) is 12.4. The summed E-state index contributed by atoms with van der Waals surface area (Å²) in [6, 6.07) is 21.8. The summed E-state index contributed by atoms with van der Waals surface area (Å²) in [5.74, 6) is 1.26. The first-order valence-electron chi connectivity index (χ1n) is 7.87. The van der Waals surface area contributed by atoms with Gasteiger partial charge in [-0.05, 0) is 28.7 Å². The maximum absolute atomic E-state index is 2.42. The van der Waals surface area contributed by atoms with Crippen LogP contribution in [-0.2, 0) is 0 Å². The van der Waals surface area contributed by atoms with E-state index in [1.807, 2.05) is 11.3 Å². The molecule has 0 saturated carbocycles. The van der Waals surface area contributed by atoms with Crippen LogP contribution >= 0.6 is 11.3 Å². The smallest absolute Gasteiger partial charge is 0.0390 e. The van der Waals surface area contributed by atoms with E-state index in [4.69, 9.17) is 0 Å². The minimum absolute atomic E-state index is 0.629. The zero-order chi connectivity index (χ0) is 14.5. The van der Waals surface area contributed by atoms with E-state index < -0.39 is 0 Å². The monoisotopic (exact) mass is 300 g/mol. The van der Waals surface area contributed by atoms with E-state index >= 15 is 0 Å². The minimum Gasteiger partial charge on any atom is -0.135 e. The molecule has 2 aliphatic rings. The highest BCUT2D eigenvalue weighted by Crippen LogP contribution is 2.58. The van der Waals surface area contributed by atoms with E-state index in [0.29, 0.717) is 11.8 Å². The van der Waals surface area contributed by atoms with Crippen LogP contribution in [0.25, 0.3) is 20.9 Å². The van der Waals surface area contributed by atoms with Crippen LogP contribution in [0.1, 0.15) is 29.4 Å². The van der Waals surface area contributed by atoms with E-state index in [2.05, 4.69) is 72.8 Å². The summed E-state index contributed by atoms with van der Waals surface area (Å²) in [6.45, 7) is 0. The van der Waals surface area contributed by atoms with E-state index in [1.165, 1.54) is 27.3 Å². The molecule has 106 valence electrons. The summed E-state index contributed by atoms with van der Waals surface area (Å²) in [6.07, 6.45) is 6.11. The Bertz CT molecular complexity index is 786. The van der Waals surface area contributed by atoms with Gasteiger partial charge in [-0.15, -0.1) is 11.3 Å². The van der Waals surface area contributed by atoms with Gasteiger partial charge in [-0.2, -0.15) is 0 Å². The minimum atomic E-state index is 0.629. The van der Waals surface area contributed by atoms with Crippen molar-refractivity contribution in [1.29, 1.82) is 0 Å². The van der Waals surface area contributed by atoms with Gasteiger partial charge in [0.05, 0.1) is 0 Å². The molecule has 1 heterocycles. The van der Waals surface area contributed by atoms with Gasteiger partial charge >= 0.3 is 0 Å². The van der Waals surface area contributed by atoms with Crippen molar-refractivity contribution in [3.05, 3.63) is 83.9 Å². The lowest BCUT2D eigenvalue weighted by Crippen LogP contribution is -1.91. The molecule has 0 fully saturated rings. The van der Waals surface area contributed by atoms with Crippen LogP contribution < -0.4 is 0 Å². The summed E-state index contributed by atoms with van der Waals surface area (Å²) >= 11 is 1.98. The molecule has 0 spiro atoms. The molecular formula is C21H16S. The highest BCUT2D eigenvalue weighted by Gasteiger charge is 2.38. The Kier molecular flexibility index (Phi) is 2.65. The lowest BCUT2D eigenvalue weighted by atomic mass is 9.93. The van der Waals surface area contributed by atoms with Crippen LogP contribution in [0.3, 0.4) is 0 Å². The maximum Gasteiger partial charge on any atom is 0.0390 e. The number of hydrogen-bond acceptors (Lipinski definition) is 1. The van der Waals surface area contributed by atoms with Crippen molar-refractivity contribution in [2.24, 2.45) is 0 Å². The molecule has 0 saturated heterocycles. The second-order valence-electron chi connectivity index (χ2n) is 6.15.